The van der Waals surface area contributed by atoms with Crippen molar-refractivity contribution in [2.45, 2.75) is 38.8 Å². The number of hydrogen-bond donors (Lipinski definition) is 2. The maximum Gasteiger partial charge on any atom is 0.0835 e. The van der Waals surface area contributed by atoms with Gasteiger partial charge in [0.2, 0.25) is 0 Å². The van der Waals surface area contributed by atoms with Crippen molar-refractivity contribution in [3.8, 4) is 0 Å². The SMILES string of the molecule is CCn1ncc(Cl)c1C(NN)C(C)(C)c1ccccc1. The van der Waals surface area contributed by atoms with Crippen molar-refractivity contribution in [1.82, 2.24) is 15.2 Å². The second-order valence-electron chi connectivity index (χ2n) is 5.38. The smallest absolute Gasteiger partial charge is 0.0835 e. The van der Waals surface area contributed by atoms with Gasteiger partial charge in [-0.2, -0.15) is 5.10 Å². The monoisotopic (exact) mass is 292 g/mol. The lowest BCUT2D eigenvalue weighted by Crippen LogP contribution is -2.42. The number of benzene rings is 1. The molecule has 0 amide bonds. The Bertz CT molecular complexity index is 563. The lowest BCUT2D eigenvalue weighted by atomic mass is 9.76. The highest BCUT2D eigenvalue weighted by molar-refractivity contribution is 6.31. The van der Waals surface area contributed by atoms with Gasteiger partial charge in [0.05, 0.1) is 23.0 Å². The second kappa shape index (κ2) is 5.95. The standard InChI is InChI=1S/C15H21ClN4/c1-4-20-13(12(16)10-18-20)14(19-17)15(2,3)11-8-6-5-7-9-11/h5-10,14,19H,4,17H2,1-3H3. The molecule has 0 saturated heterocycles. The zero-order valence-electron chi connectivity index (χ0n) is 12.1. The molecule has 20 heavy (non-hydrogen) atoms. The first-order chi connectivity index (χ1) is 9.52. The van der Waals surface area contributed by atoms with E-state index >= 15 is 0 Å². The van der Waals surface area contributed by atoms with E-state index in [2.05, 4.69) is 36.5 Å². The van der Waals surface area contributed by atoms with Gasteiger partial charge in [-0.05, 0) is 12.5 Å². The largest absolute Gasteiger partial charge is 0.271 e. The number of hydrogen-bond acceptors (Lipinski definition) is 3. The van der Waals surface area contributed by atoms with Gasteiger partial charge in [0.1, 0.15) is 0 Å². The van der Waals surface area contributed by atoms with Crippen molar-refractivity contribution in [3.05, 3.63) is 52.8 Å². The summed E-state index contributed by atoms with van der Waals surface area (Å²) in [5, 5.41) is 4.94. The Labute approximate surface area is 124 Å². The van der Waals surface area contributed by atoms with Gasteiger partial charge in [0, 0.05) is 12.0 Å². The molecule has 0 aliphatic carbocycles. The molecule has 0 radical (unpaired) electrons. The van der Waals surface area contributed by atoms with Crippen LogP contribution in [0.5, 0.6) is 0 Å². The summed E-state index contributed by atoms with van der Waals surface area (Å²) in [6.07, 6.45) is 1.67. The van der Waals surface area contributed by atoms with E-state index in [4.69, 9.17) is 17.4 Å². The van der Waals surface area contributed by atoms with Gasteiger partial charge in [-0.1, -0.05) is 55.8 Å². The fourth-order valence-electron chi connectivity index (χ4n) is 2.57. The van der Waals surface area contributed by atoms with Crippen LogP contribution >= 0.6 is 11.6 Å². The topological polar surface area (TPSA) is 55.9 Å². The molecule has 1 unspecified atom stereocenters. The van der Waals surface area contributed by atoms with Crippen molar-refractivity contribution < 1.29 is 0 Å². The summed E-state index contributed by atoms with van der Waals surface area (Å²) in [7, 11) is 0. The van der Waals surface area contributed by atoms with Gasteiger partial charge in [-0.15, -0.1) is 0 Å². The molecule has 5 heteroatoms. The van der Waals surface area contributed by atoms with Gasteiger partial charge >= 0.3 is 0 Å². The maximum absolute atomic E-state index is 6.31. The van der Waals surface area contributed by atoms with Gasteiger partial charge in [-0.3, -0.25) is 16.0 Å². The number of halogens is 1. The van der Waals surface area contributed by atoms with Crippen molar-refractivity contribution >= 4 is 11.6 Å². The summed E-state index contributed by atoms with van der Waals surface area (Å²) in [4.78, 5) is 0. The van der Waals surface area contributed by atoms with E-state index in [1.807, 2.05) is 29.8 Å². The molecule has 3 N–H and O–H groups in total. The molecule has 1 aromatic heterocycles. The van der Waals surface area contributed by atoms with Crippen LogP contribution in [-0.4, -0.2) is 9.78 Å². The molecule has 0 aliphatic heterocycles. The van der Waals surface area contributed by atoms with Crippen LogP contribution in [0, 0.1) is 0 Å². The summed E-state index contributed by atoms with van der Waals surface area (Å²) in [5.74, 6) is 5.83. The third-order valence-electron chi connectivity index (χ3n) is 3.81. The highest BCUT2D eigenvalue weighted by Gasteiger charge is 2.35. The van der Waals surface area contributed by atoms with Gasteiger partial charge < -0.3 is 0 Å². The number of nitrogens with one attached hydrogen (secondary N) is 1. The molecule has 2 aromatic rings. The average Bonchev–Trinajstić information content (AvgIpc) is 2.82. The van der Waals surface area contributed by atoms with Crippen molar-refractivity contribution in [1.29, 1.82) is 0 Å². The molecule has 0 aliphatic rings. The number of hydrazine groups is 1. The van der Waals surface area contributed by atoms with E-state index < -0.39 is 0 Å². The van der Waals surface area contributed by atoms with Gasteiger partial charge in [0.25, 0.3) is 0 Å². The lowest BCUT2D eigenvalue weighted by molar-refractivity contribution is 0.332. The number of rotatable bonds is 5. The third-order valence-corrected chi connectivity index (χ3v) is 4.10. The van der Waals surface area contributed by atoms with Crippen molar-refractivity contribution in [2.24, 2.45) is 5.84 Å². The molecule has 4 nitrogen and oxygen atoms in total. The summed E-state index contributed by atoms with van der Waals surface area (Å²) in [6.45, 7) is 7.09. The van der Waals surface area contributed by atoms with E-state index in [1.165, 1.54) is 5.56 Å². The zero-order chi connectivity index (χ0) is 14.8. The minimum absolute atomic E-state index is 0.125. The molecule has 1 aromatic carbocycles. The summed E-state index contributed by atoms with van der Waals surface area (Å²) in [6, 6.07) is 10.1. The summed E-state index contributed by atoms with van der Waals surface area (Å²) in [5.41, 5.74) is 4.82. The van der Waals surface area contributed by atoms with E-state index in [1.54, 1.807) is 6.20 Å². The minimum atomic E-state index is -0.216. The second-order valence-corrected chi connectivity index (χ2v) is 5.79. The Balaban J connectivity index is 2.49. The zero-order valence-corrected chi connectivity index (χ0v) is 12.9. The Morgan fingerprint density at radius 1 is 1.35 bits per heavy atom. The van der Waals surface area contributed by atoms with Crippen LogP contribution in [0.15, 0.2) is 36.5 Å². The van der Waals surface area contributed by atoms with Crippen molar-refractivity contribution in [2.75, 3.05) is 0 Å². The molecule has 108 valence electrons. The predicted octanol–water partition coefficient (Wildman–Crippen LogP) is 3.04. The van der Waals surface area contributed by atoms with Crippen LogP contribution < -0.4 is 11.3 Å². The normalized spacial score (nSPS) is 13.4. The van der Waals surface area contributed by atoms with Gasteiger partial charge in [0.15, 0.2) is 0 Å². The Hall–Kier alpha value is -1.36. The molecule has 0 spiro atoms. The molecular weight excluding hydrogens is 272 g/mol. The van der Waals surface area contributed by atoms with Crippen LogP contribution in [0.4, 0.5) is 0 Å². The molecule has 0 saturated carbocycles. The molecule has 0 bridgehead atoms. The average molecular weight is 293 g/mol. The molecule has 1 heterocycles. The quantitative estimate of drug-likeness (QED) is 0.658. The van der Waals surface area contributed by atoms with Crippen molar-refractivity contribution in [3.63, 3.8) is 0 Å². The fourth-order valence-corrected chi connectivity index (χ4v) is 2.82. The molecular formula is C15H21ClN4. The fraction of sp³-hybridized carbons (Fsp3) is 0.400. The Morgan fingerprint density at radius 3 is 2.55 bits per heavy atom. The highest BCUT2D eigenvalue weighted by atomic mass is 35.5. The van der Waals surface area contributed by atoms with Crippen LogP contribution in [0.25, 0.3) is 0 Å². The first-order valence-electron chi connectivity index (χ1n) is 6.75. The first kappa shape index (κ1) is 15.0. The highest BCUT2D eigenvalue weighted by Crippen LogP contribution is 2.38. The maximum atomic E-state index is 6.31. The van der Waals surface area contributed by atoms with Crippen LogP contribution in [0.3, 0.4) is 0 Å². The Morgan fingerprint density at radius 2 is 2.00 bits per heavy atom. The number of nitrogens with zero attached hydrogens (tertiary/aromatic N) is 2. The number of aromatic nitrogens is 2. The predicted molar refractivity (Wildman–Crippen MR) is 82.4 cm³/mol. The minimum Gasteiger partial charge on any atom is -0.271 e. The van der Waals surface area contributed by atoms with E-state index in [-0.39, 0.29) is 11.5 Å². The third kappa shape index (κ3) is 2.59. The summed E-state index contributed by atoms with van der Waals surface area (Å²) >= 11 is 6.31. The van der Waals surface area contributed by atoms with Crippen LogP contribution in [0.2, 0.25) is 5.02 Å². The lowest BCUT2D eigenvalue weighted by Gasteiger charge is -2.35. The van der Waals surface area contributed by atoms with E-state index in [0.717, 1.165) is 12.2 Å². The number of aryl methyl sites for hydroxylation is 1. The summed E-state index contributed by atoms with van der Waals surface area (Å²) < 4.78 is 1.89. The first-order valence-corrected chi connectivity index (χ1v) is 7.13. The van der Waals surface area contributed by atoms with Crippen LogP contribution in [-0.2, 0) is 12.0 Å². The molecule has 1 atom stereocenters. The number of nitrogens with two attached hydrogens (primary N) is 1. The molecule has 2 rings (SSSR count). The van der Waals surface area contributed by atoms with E-state index in [0.29, 0.717) is 5.02 Å². The van der Waals surface area contributed by atoms with Gasteiger partial charge in [-0.25, -0.2) is 0 Å². The van der Waals surface area contributed by atoms with Crippen LogP contribution in [0.1, 0.15) is 38.1 Å². The molecule has 0 fully saturated rings. The Kier molecular flexibility index (Phi) is 4.48. The van der Waals surface area contributed by atoms with E-state index in [9.17, 15) is 0 Å².